The Bertz CT molecular complexity index is 785. The molecule has 0 amide bonds. The van der Waals surface area contributed by atoms with Crippen LogP contribution >= 0.6 is 11.6 Å². The fourth-order valence-corrected chi connectivity index (χ4v) is 2.72. The first-order chi connectivity index (χ1) is 9.72. The van der Waals surface area contributed by atoms with E-state index in [1.165, 1.54) is 12.8 Å². The molecule has 0 atom stereocenters. The molecule has 20 heavy (non-hydrogen) atoms. The Hall–Kier alpha value is -2.00. The maximum atomic E-state index is 5.99. The number of halogens is 1. The molecule has 100 valence electrons. The molecule has 1 saturated carbocycles. The maximum absolute atomic E-state index is 5.99. The first kappa shape index (κ1) is 11.8. The highest BCUT2D eigenvalue weighted by molar-refractivity contribution is 6.30. The lowest BCUT2D eigenvalue weighted by Gasteiger charge is -2.09. The van der Waals surface area contributed by atoms with E-state index in [1.807, 2.05) is 42.5 Å². The van der Waals surface area contributed by atoms with Crippen LogP contribution in [-0.4, -0.2) is 9.55 Å². The van der Waals surface area contributed by atoms with E-state index in [-0.39, 0.29) is 0 Å². The van der Waals surface area contributed by atoms with E-state index < -0.39 is 0 Å². The second kappa shape index (κ2) is 4.25. The van der Waals surface area contributed by atoms with Crippen LogP contribution in [0.3, 0.4) is 0 Å². The number of fused-ring (bicyclic) bond motifs is 1. The summed E-state index contributed by atoms with van der Waals surface area (Å²) >= 11 is 5.99. The number of rotatable bonds is 2. The van der Waals surface area contributed by atoms with Crippen LogP contribution in [0.15, 0.2) is 42.5 Å². The van der Waals surface area contributed by atoms with Crippen molar-refractivity contribution in [2.75, 3.05) is 5.73 Å². The van der Waals surface area contributed by atoms with Gasteiger partial charge < -0.3 is 5.73 Å². The summed E-state index contributed by atoms with van der Waals surface area (Å²) in [7, 11) is 0. The van der Waals surface area contributed by atoms with Gasteiger partial charge in [-0.1, -0.05) is 11.6 Å². The zero-order chi connectivity index (χ0) is 13.7. The van der Waals surface area contributed by atoms with Crippen molar-refractivity contribution in [3.63, 3.8) is 0 Å². The zero-order valence-corrected chi connectivity index (χ0v) is 11.6. The molecule has 1 heterocycles. The average molecular weight is 284 g/mol. The van der Waals surface area contributed by atoms with Gasteiger partial charge in [-0.15, -0.1) is 0 Å². The summed E-state index contributed by atoms with van der Waals surface area (Å²) in [5, 5.41) is 0.746. The highest BCUT2D eigenvalue weighted by atomic mass is 35.5. The molecular weight excluding hydrogens is 270 g/mol. The summed E-state index contributed by atoms with van der Waals surface area (Å²) in [5.74, 6) is 1.70. The summed E-state index contributed by atoms with van der Waals surface area (Å²) in [4.78, 5) is 4.78. The molecule has 0 unspecified atom stereocenters. The monoisotopic (exact) mass is 283 g/mol. The topological polar surface area (TPSA) is 43.8 Å². The number of benzene rings is 2. The van der Waals surface area contributed by atoms with Gasteiger partial charge in [-0.25, -0.2) is 4.98 Å². The van der Waals surface area contributed by atoms with Gasteiger partial charge in [0.05, 0.1) is 11.0 Å². The molecular formula is C16H14ClN3. The number of nitrogens with two attached hydrogens (primary N) is 1. The van der Waals surface area contributed by atoms with Crippen LogP contribution in [0.4, 0.5) is 5.69 Å². The van der Waals surface area contributed by atoms with Crippen LogP contribution in [0.5, 0.6) is 0 Å². The number of hydrogen-bond acceptors (Lipinski definition) is 2. The van der Waals surface area contributed by atoms with Crippen LogP contribution in [0.1, 0.15) is 24.6 Å². The quantitative estimate of drug-likeness (QED) is 0.718. The summed E-state index contributed by atoms with van der Waals surface area (Å²) < 4.78 is 2.22. The fourth-order valence-electron chi connectivity index (χ4n) is 2.59. The first-order valence-electron chi connectivity index (χ1n) is 6.76. The minimum Gasteiger partial charge on any atom is -0.399 e. The molecule has 0 aliphatic heterocycles. The molecule has 2 aromatic carbocycles. The van der Waals surface area contributed by atoms with Gasteiger partial charge in [0.15, 0.2) is 0 Å². The molecule has 1 aromatic heterocycles. The minimum atomic E-state index is 0.569. The Morgan fingerprint density at radius 2 is 1.85 bits per heavy atom. The van der Waals surface area contributed by atoms with E-state index in [1.54, 1.807) is 0 Å². The van der Waals surface area contributed by atoms with E-state index in [4.69, 9.17) is 22.3 Å². The number of nitrogens with zero attached hydrogens (tertiary/aromatic N) is 2. The molecule has 1 aliphatic carbocycles. The van der Waals surface area contributed by atoms with Crippen molar-refractivity contribution in [1.29, 1.82) is 0 Å². The minimum absolute atomic E-state index is 0.569. The number of hydrogen-bond donors (Lipinski definition) is 1. The maximum Gasteiger partial charge on any atom is 0.117 e. The van der Waals surface area contributed by atoms with Crippen molar-refractivity contribution in [3.05, 3.63) is 53.3 Å². The van der Waals surface area contributed by atoms with Gasteiger partial charge in [0.1, 0.15) is 5.82 Å². The molecule has 4 rings (SSSR count). The third kappa shape index (κ3) is 1.86. The van der Waals surface area contributed by atoms with Crippen LogP contribution in [0.2, 0.25) is 5.02 Å². The van der Waals surface area contributed by atoms with Crippen molar-refractivity contribution in [1.82, 2.24) is 9.55 Å². The highest BCUT2D eigenvalue weighted by Crippen LogP contribution is 2.42. The van der Waals surface area contributed by atoms with E-state index in [9.17, 15) is 0 Å². The van der Waals surface area contributed by atoms with Crippen LogP contribution in [0.25, 0.3) is 16.7 Å². The van der Waals surface area contributed by atoms with E-state index in [0.29, 0.717) is 5.92 Å². The smallest absolute Gasteiger partial charge is 0.117 e. The molecule has 1 fully saturated rings. The second-order valence-corrected chi connectivity index (χ2v) is 5.74. The molecule has 0 spiro atoms. The standard InChI is InChI=1S/C16H14ClN3/c17-11-3-6-13(7-4-11)20-15-8-5-12(18)9-14(15)19-16(20)10-1-2-10/h3-10H,1-2,18H2. The number of nitrogen functional groups attached to an aromatic ring is 1. The van der Waals surface area contributed by atoms with E-state index in [2.05, 4.69) is 4.57 Å². The highest BCUT2D eigenvalue weighted by Gasteiger charge is 2.30. The molecule has 0 radical (unpaired) electrons. The van der Waals surface area contributed by atoms with Gasteiger partial charge in [0.2, 0.25) is 0 Å². The molecule has 3 aromatic rings. The Morgan fingerprint density at radius 3 is 2.55 bits per heavy atom. The Labute approximate surface area is 122 Å². The lowest BCUT2D eigenvalue weighted by atomic mass is 10.2. The fraction of sp³-hybridized carbons (Fsp3) is 0.188. The van der Waals surface area contributed by atoms with Crippen molar-refractivity contribution in [2.24, 2.45) is 0 Å². The molecule has 4 heteroatoms. The second-order valence-electron chi connectivity index (χ2n) is 5.30. The Balaban J connectivity index is 2.00. The predicted octanol–water partition coefficient (Wildman–Crippen LogP) is 4.14. The van der Waals surface area contributed by atoms with Gasteiger partial charge in [0, 0.05) is 22.3 Å². The van der Waals surface area contributed by atoms with Gasteiger partial charge in [-0.2, -0.15) is 0 Å². The number of aromatic nitrogens is 2. The Morgan fingerprint density at radius 1 is 1.10 bits per heavy atom. The summed E-state index contributed by atoms with van der Waals surface area (Å²) in [6, 6.07) is 13.8. The SMILES string of the molecule is Nc1ccc2c(c1)nc(C1CC1)n2-c1ccc(Cl)cc1. The molecule has 0 saturated heterocycles. The van der Waals surface area contributed by atoms with Gasteiger partial charge in [-0.3, -0.25) is 4.57 Å². The van der Waals surface area contributed by atoms with Crippen molar-refractivity contribution < 1.29 is 0 Å². The van der Waals surface area contributed by atoms with Crippen LogP contribution < -0.4 is 5.73 Å². The summed E-state index contributed by atoms with van der Waals surface area (Å²) in [5.41, 5.74) is 9.78. The normalized spacial score (nSPS) is 14.8. The third-order valence-electron chi connectivity index (χ3n) is 3.73. The Kier molecular flexibility index (Phi) is 2.51. The molecule has 0 bridgehead atoms. The average Bonchev–Trinajstić information content (AvgIpc) is 3.21. The first-order valence-corrected chi connectivity index (χ1v) is 7.14. The predicted molar refractivity (Wildman–Crippen MR) is 82.5 cm³/mol. The van der Waals surface area contributed by atoms with E-state index >= 15 is 0 Å². The third-order valence-corrected chi connectivity index (χ3v) is 3.98. The summed E-state index contributed by atoms with van der Waals surface area (Å²) in [6.45, 7) is 0. The lowest BCUT2D eigenvalue weighted by molar-refractivity contribution is 0.896. The van der Waals surface area contributed by atoms with Gasteiger partial charge in [-0.05, 0) is 55.3 Å². The lowest BCUT2D eigenvalue weighted by Crippen LogP contribution is -1.99. The largest absolute Gasteiger partial charge is 0.399 e. The van der Waals surface area contributed by atoms with E-state index in [0.717, 1.165) is 33.3 Å². The van der Waals surface area contributed by atoms with Gasteiger partial charge in [0.25, 0.3) is 0 Å². The molecule has 3 nitrogen and oxygen atoms in total. The van der Waals surface area contributed by atoms with Gasteiger partial charge >= 0.3 is 0 Å². The molecule has 2 N–H and O–H groups in total. The van der Waals surface area contributed by atoms with Crippen LogP contribution in [0, 0.1) is 0 Å². The van der Waals surface area contributed by atoms with Crippen molar-refractivity contribution in [3.8, 4) is 5.69 Å². The van der Waals surface area contributed by atoms with Crippen molar-refractivity contribution in [2.45, 2.75) is 18.8 Å². The van der Waals surface area contributed by atoms with Crippen molar-refractivity contribution >= 4 is 28.3 Å². The molecule has 1 aliphatic rings. The number of anilines is 1. The summed E-state index contributed by atoms with van der Waals surface area (Å²) in [6.07, 6.45) is 2.43. The van der Waals surface area contributed by atoms with Crippen LogP contribution in [-0.2, 0) is 0 Å². The number of imidazole rings is 1. The zero-order valence-electron chi connectivity index (χ0n) is 10.9.